The summed E-state index contributed by atoms with van der Waals surface area (Å²) in [6.45, 7) is 6.36. The first kappa shape index (κ1) is 15.5. The maximum absolute atomic E-state index is 5.81. The maximum atomic E-state index is 5.81. The number of ether oxygens (including phenoxy) is 1. The molecule has 0 aromatic carbocycles. The van der Waals surface area contributed by atoms with Gasteiger partial charge in [0.25, 0.3) is 0 Å². The van der Waals surface area contributed by atoms with Gasteiger partial charge in [0.05, 0.1) is 24.2 Å². The minimum atomic E-state index is 0.582. The highest BCUT2D eigenvalue weighted by atomic mass is 16.5. The van der Waals surface area contributed by atoms with Gasteiger partial charge in [0.2, 0.25) is 0 Å². The van der Waals surface area contributed by atoms with E-state index in [1.54, 1.807) is 12.3 Å². The molecular weight excluding hydrogens is 242 g/mol. The van der Waals surface area contributed by atoms with Crippen molar-refractivity contribution in [3.8, 4) is 0 Å². The summed E-state index contributed by atoms with van der Waals surface area (Å²) in [6.07, 6.45) is 2.63. The fourth-order valence-corrected chi connectivity index (χ4v) is 1.68. The molecule has 0 radical (unpaired) electrons. The second kappa shape index (κ2) is 8.55. The molecule has 0 aliphatic carbocycles. The Hall–Kier alpha value is -1.53. The highest BCUT2D eigenvalue weighted by Gasteiger charge is 2.01. The van der Waals surface area contributed by atoms with E-state index in [0.717, 1.165) is 39.3 Å². The van der Waals surface area contributed by atoms with Gasteiger partial charge in [0.1, 0.15) is 5.82 Å². The average Bonchev–Trinajstić information content (AvgIpc) is 2.37. The maximum Gasteiger partial charge on any atom is 0.149 e. The van der Waals surface area contributed by atoms with E-state index < -0.39 is 0 Å². The Morgan fingerprint density at radius 2 is 2.16 bits per heavy atom. The van der Waals surface area contributed by atoms with E-state index in [2.05, 4.69) is 22.2 Å². The number of nitrogen functional groups attached to an aromatic ring is 2. The van der Waals surface area contributed by atoms with Crippen LogP contribution in [0.25, 0.3) is 0 Å². The van der Waals surface area contributed by atoms with Gasteiger partial charge in [0.15, 0.2) is 0 Å². The van der Waals surface area contributed by atoms with Crippen molar-refractivity contribution in [2.45, 2.75) is 13.3 Å². The van der Waals surface area contributed by atoms with E-state index in [1.165, 1.54) is 0 Å². The molecule has 1 aromatic heterocycles. The predicted octanol–water partition coefficient (Wildman–Crippen LogP) is 1.02. The first-order valence-electron chi connectivity index (χ1n) is 6.64. The average molecular weight is 267 g/mol. The van der Waals surface area contributed by atoms with Crippen molar-refractivity contribution in [1.29, 1.82) is 0 Å². The quantitative estimate of drug-likeness (QED) is 0.579. The second-order valence-corrected chi connectivity index (χ2v) is 4.49. The first-order chi connectivity index (χ1) is 9.13. The summed E-state index contributed by atoms with van der Waals surface area (Å²) in [5, 5.41) is 3.21. The molecule has 6 nitrogen and oxygen atoms in total. The number of hydrogen-bond donors (Lipinski definition) is 3. The normalized spacial score (nSPS) is 10.9. The van der Waals surface area contributed by atoms with Gasteiger partial charge in [-0.15, -0.1) is 0 Å². The number of aromatic nitrogens is 1. The van der Waals surface area contributed by atoms with Crippen LogP contribution in [0.15, 0.2) is 12.3 Å². The molecule has 0 unspecified atom stereocenters. The van der Waals surface area contributed by atoms with Crippen LogP contribution in [-0.4, -0.2) is 49.8 Å². The van der Waals surface area contributed by atoms with Crippen LogP contribution in [0.3, 0.4) is 0 Å². The molecule has 0 amide bonds. The SMILES string of the molecule is CCOCCN(C)CCCNc1ncc(N)cc1N. The number of nitrogens with one attached hydrogen (secondary N) is 1. The Morgan fingerprint density at radius 3 is 2.84 bits per heavy atom. The van der Waals surface area contributed by atoms with Crippen LogP contribution in [0.2, 0.25) is 0 Å². The highest BCUT2D eigenvalue weighted by molar-refractivity contribution is 5.65. The van der Waals surface area contributed by atoms with Crippen LogP contribution in [-0.2, 0) is 4.74 Å². The molecule has 6 heteroatoms. The topological polar surface area (TPSA) is 89.4 Å². The van der Waals surface area contributed by atoms with Gasteiger partial charge < -0.3 is 26.4 Å². The summed E-state index contributed by atoms with van der Waals surface area (Å²) >= 11 is 0. The summed E-state index contributed by atoms with van der Waals surface area (Å²) in [6, 6.07) is 1.71. The standard InChI is InChI=1S/C13H25N5O/c1-3-19-8-7-18(2)6-4-5-16-13-12(15)9-11(14)10-17-13/h9-10H,3-8,14-15H2,1-2H3,(H,16,17). The Labute approximate surface area is 115 Å². The van der Waals surface area contributed by atoms with Crippen molar-refractivity contribution < 1.29 is 4.74 Å². The summed E-state index contributed by atoms with van der Waals surface area (Å²) in [7, 11) is 2.09. The van der Waals surface area contributed by atoms with Crippen LogP contribution in [0.4, 0.5) is 17.2 Å². The third-order valence-corrected chi connectivity index (χ3v) is 2.77. The molecule has 0 fully saturated rings. The number of anilines is 3. The Kier molecular flexibility index (Phi) is 6.99. The monoisotopic (exact) mass is 267 g/mol. The molecule has 1 rings (SSSR count). The third kappa shape index (κ3) is 6.26. The lowest BCUT2D eigenvalue weighted by Gasteiger charge is -2.16. The molecule has 0 saturated heterocycles. The Balaban J connectivity index is 2.16. The zero-order valence-electron chi connectivity index (χ0n) is 11.9. The van der Waals surface area contributed by atoms with E-state index in [4.69, 9.17) is 16.2 Å². The van der Waals surface area contributed by atoms with Crippen LogP contribution < -0.4 is 16.8 Å². The number of likely N-dealkylation sites (N-methyl/N-ethyl adjacent to an activating group) is 1. The van der Waals surface area contributed by atoms with E-state index in [0.29, 0.717) is 17.2 Å². The summed E-state index contributed by atoms with van der Waals surface area (Å²) < 4.78 is 5.31. The second-order valence-electron chi connectivity index (χ2n) is 4.49. The Morgan fingerprint density at radius 1 is 1.37 bits per heavy atom. The van der Waals surface area contributed by atoms with E-state index >= 15 is 0 Å². The van der Waals surface area contributed by atoms with Crippen molar-refractivity contribution in [1.82, 2.24) is 9.88 Å². The van der Waals surface area contributed by atoms with Gasteiger partial charge in [-0.05, 0) is 33.0 Å². The number of nitrogens with two attached hydrogens (primary N) is 2. The van der Waals surface area contributed by atoms with Gasteiger partial charge in [-0.25, -0.2) is 4.98 Å². The van der Waals surface area contributed by atoms with Gasteiger partial charge in [-0.1, -0.05) is 0 Å². The zero-order chi connectivity index (χ0) is 14.1. The van der Waals surface area contributed by atoms with Gasteiger partial charge >= 0.3 is 0 Å². The first-order valence-corrected chi connectivity index (χ1v) is 6.64. The fraction of sp³-hybridized carbons (Fsp3) is 0.615. The lowest BCUT2D eigenvalue weighted by atomic mass is 10.3. The number of pyridine rings is 1. The molecule has 1 aromatic rings. The molecule has 1 heterocycles. The third-order valence-electron chi connectivity index (χ3n) is 2.77. The van der Waals surface area contributed by atoms with E-state index in [-0.39, 0.29) is 0 Å². The molecule has 5 N–H and O–H groups in total. The molecular formula is C13H25N5O. The number of rotatable bonds is 9. The van der Waals surface area contributed by atoms with Crippen LogP contribution in [0.5, 0.6) is 0 Å². The lowest BCUT2D eigenvalue weighted by Crippen LogP contribution is -2.25. The molecule has 108 valence electrons. The molecule has 0 spiro atoms. The van der Waals surface area contributed by atoms with Crippen LogP contribution in [0.1, 0.15) is 13.3 Å². The van der Waals surface area contributed by atoms with Crippen molar-refractivity contribution >= 4 is 17.2 Å². The van der Waals surface area contributed by atoms with Crippen LogP contribution in [0, 0.1) is 0 Å². The van der Waals surface area contributed by atoms with E-state index in [9.17, 15) is 0 Å². The van der Waals surface area contributed by atoms with Gasteiger partial charge in [-0.3, -0.25) is 0 Å². The Bertz CT molecular complexity index is 372. The smallest absolute Gasteiger partial charge is 0.149 e. The van der Waals surface area contributed by atoms with Gasteiger partial charge in [0, 0.05) is 19.7 Å². The van der Waals surface area contributed by atoms with Crippen LogP contribution >= 0.6 is 0 Å². The van der Waals surface area contributed by atoms with Crippen molar-refractivity contribution in [2.75, 3.05) is 56.7 Å². The minimum Gasteiger partial charge on any atom is -0.397 e. The largest absolute Gasteiger partial charge is 0.397 e. The van der Waals surface area contributed by atoms with Crippen molar-refractivity contribution in [3.63, 3.8) is 0 Å². The van der Waals surface area contributed by atoms with Crippen molar-refractivity contribution in [2.24, 2.45) is 0 Å². The molecule has 0 atom stereocenters. The predicted molar refractivity (Wildman–Crippen MR) is 80.2 cm³/mol. The van der Waals surface area contributed by atoms with Gasteiger partial charge in [-0.2, -0.15) is 0 Å². The fourth-order valence-electron chi connectivity index (χ4n) is 1.68. The summed E-state index contributed by atoms with van der Waals surface area (Å²) in [4.78, 5) is 6.41. The molecule has 0 aliphatic rings. The van der Waals surface area contributed by atoms with Crippen molar-refractivity contribution in [3.05, 3.63) is 12.3 Å². The lowest BCUT2D eigenvalue weighted by molar-refractivity contribution is 0.122. The minimum absolute atomic E-state index is 0.582. The highest BCUT2D eigenvalue weighted by Crippen LogP contribution is 2.16. The zero-order valence-corrected chi connectivity index (χ0v) is 11.9. The summed E-state index contributed by atoms with van der Waals surface area (Å²) in [5.74, 6) is 0.700. The molecule has 0 aliphatic heterocycles. The van der Waals surface area contributed by atoms with E-state index in [1.807, 2.05) is 6.92 Å². The number of nitrogens with zero attached hydrogens (tertiary/aromatic N) is 2. The molecule has 0 bridgehead atoms. The molecule has 0 saturated carbocycles. The molecule has 19 heavy (non-hydrogen) atoms. The summed E-state index contributed by atoms with van der Waals surface area (Å²) in [5.41, 5.74) is 12.6. The number of hydrogen-bond acceptors (Lipinski definition) is 6.